The van der Waals surface area contributed by atoms with Crippen LogP contribution in [0.4, 0.5) is 0 Å². The van der Waals surface area contributed by atoms with Crippen molar-refractivity contribution >= 4 is 20.7 Å². The van der Waals surface area contributed by atoms with E-state index in [0.29, 0.717) is 4.90 Å². The molecule has 0 aliphatic rings. The summed E-state index contributed by atoms with van der Waals surface area (Å²) in [6.07, 6.45) is 1.90. The third-order valence-corrected chi connectivity index (χ3v) is 5.39. The van der Waals surface area contributed by atoms with Crippen LogP contribution in [0.5, 0.6) is 0 Å². The molecule has 0 saturated heterocycles. The third kappa shape index (κ3) is 2.59. The third-order valence-electron chi connectivity index (χ3n) is 3.71. The second-order valence-corrected chi connectivity index (χ2v) is 7.34. The first-order chi connectivity index (χ1) is 9.97. The number of nitrogens with zero attached hydrogens (tertiary/aromatic N) is 1. The predicted molar refractivity (Wildman–Crippen MR) is 85.0 cm³/mol. The van der Waals surface area contributed by atoms with Crippen LogP contribution in [-0.4, -0.2) is 13.0 Å². The molecule has 3 aromatic rings. The van der Waals surface area contributed by atoms with Crippen LogP contribution >= 0.6 is 0 Å². The van der Waals surface area contributed by atoms with Crippen molar-refractivity contribution in [3.05, 3.63) is 65.9 Å². The summed E-state index contributed by atoms with van der Waals surface area (Å²) >= 11 is 0. The first kappa shape index (κ1) is 13.9. The van der Waals surface area contributed by atoms with Crippen molar-refractivity contribution in [2.45, 2.75) is 17.6 Å². The molecule has 0 amide bonds. The fraction of sp³-hybridized carbons (Fsp3) is 0.176. The fourth-order valence-corrected chi connectivity index (χ4v) is 3.93. The van der Waals surface area contributed by atoms with E-state index in [1.165, 1.54) is 0 Å². The second-order valence-electron chi connectivity index (χ2n) is 5.35. The molecule has 0 N–H and O–H groups in total. The minimum Gasteiger partial charge on any atom is -0.350 e. The van der Waals surface area contributed by atoms with E-state index in [1.54, 1.807) is 12.1 Å². The van der Waals surface area contributed by atoms with Crippen LogP contribution in [-0.2, 0) is 22.6 Å². The molecule has 21 heavy (non-hydrogen) atoms. The summed E-state index contributed by atoms with van der Waals surface area (Å²) in [6, 6.07) is 14.9. The number of aromatic nitrogens is 1. The molecule has 1 heterocycles. The number of sulfone groups is 1. The SMILES string of the molecule is Cc1ccc(S(=O)(=O)Cc2cn(C)c3ccccc23)cc1. The van der Waals surface area contributed by atoms with Crippen LogP contribution in [0.3, 0.4) is 0 Å². The van der Waals surface area contributed by atoms with Gasteiger partial charge in [-0.25, -0.2) is 8.42 Å². The molecule has 2 aromatic carbocycles. The molecule has 108 valence electrons. The Labute approximate surface area is 124 Å². The highest BCUT2D eigenvalue weighted by Crippen LogP contribution is 2.25. The zero-order valence-electron chi connectivity index (χ0n) is 12.1. The summed E-state index contributed by atoms with van der Waals surface area (Å²) in [4.78, 5) is 0.376. The van der Waals surface area contributed by atoms with Crippen LogP contribution in [0.2, 0.25) is 0 Å². The highest BCUT2D eigenvalue weighted by atomic mass is 32.2. The lowest BCUT2D eigenvalue weighted by Crippen LogP contribution is -2.04. The molecule has 0 aliphatic carbocycles. The van der Waals surface area contributed by atoms with Crippen molar-refractivity contribution in [2.24, 2.45) is 7.05 Å². The van der Waals surface area contributed by atoms with Crippen LogP contribution in [0.15, 0.2) is 59.6 Å². The molecule has 0 unspecified atom stereocenters. The van der Waals surface area contributed by atoms with Gasteiger partial charge in [0, 0.05) is 24.1 Å². The standard InChI is InChI=1S/C17H17NO2S/c1-13-7-9-15(10-8-13)21(19,20)12-14-11-18(2)17-6-4-3-5-16(14)17/h3-11H,12H2,1-2H3. The number of rotatable bonds is 3. The first-order valence-electron chi connectivity index (χ1n) is 6.80. The highest BCUT2D eigenvalue weighted by molar-refractivity contribution is 7.90. The Bertz CT molecular complexity index is 890. The number of hydrogen-bond acceptors (Lipinski definition) is 2. The average Bonchev–Trinajstić information content (AvgIpc) is 2.76. The van der Waals surface area contributed by atoms with Gasteiger partial charge in [0.1, 0.15) is 0 Å². The summed E-state index contributed by atoms with van der Waals surface area (Å²) in [5.41, 5.74) is 2.94. The Balaban J connectivity index is 2.03. The maximum absolute atomic E-state index is 12.6. The molecule has 3 rings (SSSR count). The molecule has 0 saturated carbocycles. The minimum atomic E-state index is -3.32. The molecule has 0 bridgehead atoms. The van der Waals surface area contributed by atoms with Crippen LogP contribution in [0.1, 0.15) is 11.1 Å². The quantitative estimate of drug-likeness (QED) is 0.743. The molecule has 0 aliphatic heterocycles. The number of para-hydroxylation sites is 1. The fourth-order valence-electron chi connectivity index (χ4n) is 2.57. The molecular formula is C17H17NO2S. The summed E-state index contributed by atoms with van der Waals surface area (Å²) in [7, 11) is -1.39. The number of hydrogen-bond donors (Lipinski definition) is 0. The van der Waals surface area contributed by atoms with Gasteiger partial charge in [0.25, 0.3) is 0 Å². The molecule has 0 spiro atoms. The Kier molecular flexibility index (Phi) is 3.33. The van der Waals surface area contributed by atoms with Gasteiger partial charge in [-0.05, 0) is 30.7 Å². The highest BCUT2D eigenvalue weighted by Gasteiger charge is 2.18. The van der Waals surface area contributed by atoms with Crippen molar-refractivity contribution in [3.63, 3.8) is 0 Å². The van der Waals surface area contributed by atoms with Crippen LogP contribution in [0.25, 0.3) is 10.9 Å². The maximum atomic E-state index is 12.6. The van der Waals surface area contributed by atoms with Gasteiger partial charge in [-0.15, -0.1) is 0 Å². The molecule has 0 fully saturated rings. The van der Waals surface area contributed by atoms with E-state index >= 15 is 0 Å². The summed E-state index contributed by atoms with van der Waals surface area (Å²) in [6.45, 7) is 1.95. The first-order valence-corrected chi connectivity index (χ1v) is 8.45. The predicted octanol–water partition coefficient (Wildman–Crippen LogP) is 3.46. The van der Waals surface area contributed by atoms with Gasteiger partial charge >= 0.3 is 0 Å². The summed E-state index contributed by atoms with van der Waals surface area (Å²) in [5, 5.41) is 0.996. The van der Waals surface area contributed by atoms with Crippen molar-refractivity contribution in [1.29, 1.82) is 0 Å². The van der Waals surface area contributed by atoms with E-state index in [4.69, 9.17) is 0 Å². The lowest BCUT2D eigenvalue weighted by atomic mass is 10.2. The van der Waals surface area contributed by atoms with Gasteiger partial charge in [0.05, 0.1) is 10.6 Å². The topological polar surface area (TPSA) is 39.1 Å². The smallest absolute Gasteiger partial charge is 0.182 e. The van der Waals surface area contributed by atoms with Crippen molar-refractivity contribution in [2.75, 3.05) is 0 Å². The number of aryl methyl sites for hydroxylation is 2. The lowest BCUT2D eigenvalue weighted by molar-refractivity contribution is 0.595. The van der Waals surface area contributed by atoms with E-state index in [1.807, 2.05) is 61.1 Å². The summed E-state index contributed by atoms with van der Waals surface area (Å²) in [5.74, 6) is 0.0252. The van der Waals surface area contributed by atoms with Gasteiger partial charge in [-0.2, -0.15) is 0 Å². The van der Waals surface area contributed by atoms with E-state index in [9.17, 15) is 8.42 Å². The monoisotopic (exact) mass is 299 g/mol. The van der Waals surface area contributed by atoms with Gasteiger partial charge in [0.15, 0.2) is 9.84 Å². The zero-order chi connectivity index (χ0) is 15.0. The Morgan fingerprint density at radius 1 is 1.00 bits per heavy atom. The Hall–Kier alpha value is -2.07. The van der Waals surface area contributed by atoms with Crippen LogP contribution in [0, 0.1) is 6.92 Å². The molecule has 3 nitrogen and oxygen atoms in total. The Morgan fingerprint density at radius 2 is 1.67 bits per heavy atom. The maximum Gasteiger partial charge on any atom is 0.182 e. The zero-order valence-corrected chi connectivity index (χ0v) is 12.9. The lowest BCUT2D eigenvalue weighted by Gasteiger charge is -2.04. The normalized spacial score (nSPS) is 11.9. The van der Waals surface area contributed by atoms with Crippen LogP contribution < -0.4 is 0 Å². The minimum absolute atomic E-state index is 0.0252. The van der Waals surface area contributed by atoms with Gasteiger partial charge in [-0.1, -0.05) is 35.9 Å². The largest absolute Gasteiger partial charge is 0.350 e. The number of benzene rings is 2. The van der Waals surface area contributed by atoms with Gasteiger partial charge < -0.3 is 4.57 Å². The van der Waals surface area contributed by atoms with E-state index in [0.717, 1.165) is 22.0 Å². The van der Waals surface area contributed by atoms with E-state index in [-0.39, 0.29) is 5.75 Å². The number of fused-ring (bicyclic) bond motifs is 1. The molecule has 4 heteroatoms. The van der Waals surface area contributed by atoms with Crippen molar-refractivity contribution in [3.8, 4) is 0 Å². The molecule has 0 radical (unpaired) electrons. The van der Waals surface area contributed by atoms with Gasteiger partial charge in [0.2, 0.25) is 0 Å². The average molecular weight is 299 g/mol. The second kappa shape index (κ2) is 5.04. The van der Waals surface area contributed by atoms with E-state index in [2.05, 4.69) is 0 Å². The summed E-state index contributed by atoms with van der Waals surface area (Å²) < 4.78 is 27.1. The molecule has 1 aromatic heterocycles. The Morgan fingerprint density at radius 3 is 2.38 bits per heavy atom. The molecular weight excluding hydrogens is 282 g/mol. The van der Waals surface area contributed by atoms with Gasteiger partial charge in [-0.3, -0.25) is 0 Å². The van der Waals surface area contributed by atoms with E-state index < -0.39 is 9.84 Å². The van der Waals surface area contributed by atoms with Crippen molar-refractivity contribution < 1.29 is 8.42 Å². The van der Waals surface area contributed by atoms with Crippen molar-refractivity contribution in [1.82, 2.24) is 4.57 Å². The molecule has 0 atom stereocenters.